The van der Waals surface area contributed by atoms with E-state index in [1.807, 2.05) is 69.1 Å². The maximum atomic E-state index is 12.5. The molecular weight excluding hydrogens is 312 g/mol. The van der Waals surface area contributed by atoms with E-state index in [0.717, 1.165) is 23.4 Å². The standard InChI is InChI=1S/C21H26N2O2/c1-6-23(5)14-22-19-11-12-20(16(3)13-19)21(24)25-17(4)18-9-7-15(2)8-10-18/h7-14,17H,6H2,1-5H3. The van der Waals surface area contributed by atoms with Gasteiger partial charge in [0.15, 0.2) is 0 Å². The molecule has 25 heavy (non-hydrogen) atoms. The molecule has 4 heteroatoms. The summed E-state index contributed by atoms with van der Waals surface area (Å²) >= 11 is 0. The Hall–Kier alpha value is -2.62. The number of aryl methyl sites for hydroxylation is 2. The van der Waals surface area contributed by atoms with Crippen LogP contribution in [0.2, 0.25) is 0 Å². The van der Waals surface area contributed by atoms with E-state index >= 15 is 0 Å². The van der Waals surface area contributed by atoms with Crippen LogP contribution in [0.15, 0.2) is 47.5 Å². The van der Waals surface area contributed by atoms with Crippen molar-refractivity contribution in [2.75, 3.05) is 13.6 Å². The minimum absolute atomic E-state index is 0.289. The van der Waals surface area contributed by atoms with Gasteiger partial charge in [0.05, 0.1) is 17.6 Å². The number of hydrogen-bond acceptors (Lipinski definition) is 3. The Bertz CT molecular complexity index is 751. The van der Waals surface area contributed by atoms with E-state index in [1.165, 1.54) is 5.56 Å². The number of esters is 1. The van der Waals surface area contributed by atoms with Crippen molar-refractivity contribution in [1.29, 1.82) is 0 Å². The molecule has 132 valence electrons. The summed E-state index contributed by atoms with van der Waals surface area (Å²) in [6, 6.07) is 13.5. The van der Waals surface area contributed by atoms with Crippen molar-refractivity contribution in [2.45, 2.75) is 33.8 Å². The second kappa shape index (κ2) is 8.47. The predicted molar refractivity (Wildman–Crippen MR) is 103 cm³/mol. The Morgan fingerprint density at radius 1 is 1.20 bits per heavy atom. The first-order chi connectivity index (χ1) is 11.9. The third-order valence-corrected chi connectivity index (χ3v) is 4.16. The van der Waals surface area contributed by atoms with Crippen LogP contribution in [0.5, 0.6) is 0 Å². The van der Waals surface area contributed by atoms with Crippen molar-refractivity contribution in [3.8, 4) is 0 Å². The molecule has 0 amide bonds. The quantitative estimate of drug-likeness (QED) is 0.430. The van der Waals surface area contributed by atoms with Crippen LogP contribution >= 0.6 is 0 Å². The predicted octanol–water partition coefficient (Wildman–Crippen LogP) is 4.83. The summed E-state index contributed by atoms with van der Waals surface area (Å²) in [6.45, 7) is 8.77. The minimum atomic E-state index is -0.313. The van der Waals surface area contributed by atoms with E-state index in [9.17, 15) is 4.79 Å². The van der Waals surface area contributed by atoms with Crippen molar-refractivity contribution in [1.82, 2.24) is 4.90 Å². The van der Waals surface area contributed by atoms with Gasteiger partial charge < -0.3 is 9.64 Å². The Morgan fingerprint density at radius 3 is 2.48 bits per heavy atom. The SMILES string of the molecule is CCN(C)C=Nc1ccc(C(=O)OC(C)c2ccc(C)cc2)c(C)c1. The van der Waals surface area contributed by atoms with Gasteiger partial charge in [-0.2, -0.15) is 0 Å². The van der Waals surface area contributed by atoms with Crippen LogP contribution in [0.4, 0.5) is 5.69 Å². The normalized spacial score (nSPS) is 12.2. The molecule has 1 unspecified atom stereocenters. The highest BCUT2D eigenvalue weighted by atomic mass is 16.5. The molecule has 0 fully saturated rings. The fourth-order valence-corrected chi connectivity index (χ4v) is 2.33. The molecule has 2 aromatic rings. The fraction of sp³-hybridized carbons (Fsp3) is 0.333. The van der Waals surface area contributed by atoms with Gasteiger partial charge in [-0.05, 0) is 57.0 Å². The van der Waals surface area contributed by atoms with Gasteiger partial charge in [-0.25, -0.2) is 9.79 Å². The molecule has 0 saturated carbocycles. The lowest BCUT2D eigenvalue weighted by atomic mass is 10.1. The molecule has 0 bridgehead atoms. The average Bonchev–Trinajstić information content (AvgIpc) is 2.60. The van der Waals surface area contributed by atoms with E-state index in [2.05, 4.69) is 11.9 Å². The largest absolute Gasteiger partial charge is 0.454 e. The van der Waals surface area contributed by atoms with Gasteiger partial charge in [-0.1, -0.05) is 29.8 Å². The van der Waals surface area contributed by atoms with Crippen molar-refractivity contribution in [2.24, 2.45) is 4.99 Å². The highest BCUT2D eigenvalue weighted by molar-refractivity contribution is 5.91. The highest BCUT2D eigenvalue weighted by Gasteiger charge is 2.15. The Morgan fingerprint density at radius 2 is 1.88 bits per heavy atom. The van der Waals surface area contributed by atoms with E-state index in [4.69, 9.17) is 4.74 Å². The number of benzene rings is 2. The molecule has 4 nitrogen and oxygen atoms in total. The monoisotopic (exact) mass is 338 g/mol. The van der Waals surface area contributed by atoms with Crippen LogP contribution < -0.4 is 0 Å². The Kier molecular flexibility index (Phi) is 6.34. The lowest BCUT2D eigenvalue weighted by molar-refractivity contribution is 0.0337. The molecule has 1 atom stereocenters. The van der Waals surface area contributed by atoms with E-state index in [-0.39, 0.29) is 12.1 Å². The second-order valence-electron chi connectivity index (χ2n) is 6.28. The molecule has 0 aliphatic rings. The number of rotatable bonds is 6. The molecule has 2 aromatic carbocycles. The van der Waals surface area contributed by atoms with Crippen molar-refractivity contribution in [3.63, 3.8) is 0 Å². The zero-order valence-corrected chi connectivity index (χ0v) is 15.6. The first-order valence-electron chi connectivity index (χ1n) is 8.53. The molecule has 0 aliphatic carbocycles. The van der Waals surface area contributed by atoms with Gasteiger partial charge in [0, 0.05) is 13.6 Å². The maximum absolute atomic E-state index is 12.5. The molecule has 0 saturated heterocycles. The van der Waals surface area contributed by atoms with E-state index in [0.29, 0.717) is 5.56 Å². The van der Waals surface area contributed by atoms with Gasteiger partial charge in [-0.3, -0.25) is 0 Å². The zero-order valence-electron chi connectivity index (χ0n) is 15.6. The number of carbonyl (C=O) groups excluding carboxylic acids is 1. The number of nitrogens with zero attached hydrogens (tertiary/aromatic N) is 2. The molecule has 0 aromatic heterocycles. The summed E-state index contributed by atoms with van der Waals surface area (Å²) < 4.78 is 5.61. The summed E-state index contributed by atoms with van der Waals surface area (Å²) in [6.07, 6.45) is 1.50. The number of ether oxygens (including phenoxy) is 1. The first-order valence-corrected chi connectivity index (χ1v) is 8.53. The summed E-state index contributed by atoms with van der Waals surface area (Å²) in [5.41, 5.74) is 4.42. The number of carbonyl (C=O) groups is 1. The molecule has 0 N–H and O–H groups in total. The zero-order chi connectivity index (χ0) is 18.4. The maximum Gasteiger partial charge on any atom is 0.338 e. The average molecular weight is 338 g/mol. The van der Waals surface area contributed by atoms with Crippen LogP contribution in [0, 0.1) is 13.8 Å². The summed E-state index contributed by atoms with van der Waals surface area (Å²) in [7, 11) is 1.97. The summed E-state index contributed by atoms with van der Waals surface area (Å²) in [4.78, 5) is 18.9. The first kappa shape index (κ1) is 18.7. The van der Waals surface area contributed by atoms with Gasteiger partial charge in [-0.15, -0.1) is 0 Å². The Balaban J connectivity index is 2.08. The third-order valence-electron chi connectivity index (χ3n) is 4.16. The van der Waals surface area contributed by atoms with Crippen LogP contribution in [0.25, 0.3) is 0 Å². The van der Waals surface area contributed by atoms with Crippen molar-refractivity contribution < 1.29 is 9.53 Å². The Labute approximate surface area is 150 Å². The third kappa shape index (κ3) is 5.18. The lowest BCUT2D eigenvalue weighted by Gasteiger charge is -2.15. The highest BCUT2D eigenvalue weighted by Crippen LogP contribution is 2.22. The van der Waals surface area contributed by atoms with E-state index in [1.54, 1.807) is 12.4 Å². The van der Waals surface area contributed by atoms with Crippen LogP contribution in [-0.2, 0) is 4.74 Å². The van der Waals surface area contributed by atoms with Gasteiger partial charge >= 0.3 is 5.97 Å². The number of aliphatic imine (C=N–C) groups is 1. The molecular formula is C21H26N2O2. The smallest absolute Gasteiger partial charge is 0.338 e. The molecule has 0 aliphatic heterocycles. The van der Waals surface area contributed by atoms with Gasteiger partial charge in [0.1, 0.15) is 6.10 Å². The summed E-state index contributed by atoms with van der Waals surface area (Å²) in [5.74, 6) is -0.313. The topological polar surface area (TPSA) is 41.9 Å². The summed E-state index contributed by atoms with van der Waals surface area (Å²) in [5, 5.41) is 0. The number of hydrogen-bond donors (Lipinski definition) is 0. The molecule has 2 rings (SSSR count). The van der Waals surface area contributed by atoms with Gasteiger partial charge in [0.2, 0.25) is 0 Å². The fourth-order valence-electron chi connectivity index (χ4n) is 2.33. The molecule has 0 heterocycles. The second-order valence-corrected chi connectivity index (χ2v) is 6.28. The van der Waals surface area contributed by atoms with Crippen LogP contribution in [0.3, 0.4) is 0 Å². The van der Waals surface area contributed by atoms with E-state index < -0.39 is 0 Å². The molecule has 0 radical (unpaired) electrons. The van der Waals surface area contributed by atoms with Crippen LogP contribution in [-0.4, -0.2) is 30.8 Å². The van der Waals surface area contributed by atoms with Gasteiger partial charge in [0.25, 0.3) is 0 Å². The van der Waals surface area contributed by atoms with Crippen molar-refractivity contribution in [3.05, 3.63) is 64.7 Å². The lowest BCUT2D eigenvalue weighted by Crippen LogP contribution is -2.14. The molecule has 0 spiro atoms. The van der Waals surface area contributed by atoms with Crippen molar-refractivity contribution >= 4 is 18.0 Å². The van der Waals surface area contributed by atoms with Crippen LogP contribution in [0.1, 0.15) is 47.0 Å². The minimum Gasteiger partial charge on any atom is -0.454 e.